The van der Waals surface area contributed by atoms with E-state index in [-0.39, 0.29) is 12.1 Å². The van der Waals surface area contributed by atoms with Crippen LogP contribution in [0.25, 0.3) is 0 Å². The number of nitrogens with zero attached hydrogens (tertiary/aromatic N) is 1. The molecule has 2 rings (SSSR count). The first-order valence-corrected chi connectivity index (χ1v) is 8.47. The second-order valence-corrected chi connectivity index (χ2v) is 8.78. The van der Waals surface area contributed by atoms with Gasteiger partial charge in [-0.3, -0.25) is 0 Å². The van der Waals surface area contributed by atoms with Crippen LogP contribution in [-0.2, 0) is 10.0 Å². The summed E-state index contributed by atoms with van der Waals surface area (Å²) in [4.78, 5) is 0. The van der Waals surface area contributed by atoms with Crippen molar-refractivity contribution in [3.05, 3.63) is 15.9 Å². The summed E-state index contributed by atoms with van der Waals surface area (Å²) in [6.45, 7) is 5.28. The van der Waals surface area contributed by atoms with E-state index in [1.807, 2.05) is 13.8 Å². The van der Waals surface area contributed by atoms with Crippen molar-refractivity contribution in [2.24, 2.45) is 0 Å². The topological polar surface area (TPSA) is 49.4 Å². The van der Waals surface area contributed by atoms with E-state index in [0.717, 1.165) is 3.79 Å². The molecule has 1 aliphatic rings. The Morgan fingerprint density at radius 1 is 1.35 bits per heavy atom. The summed E-state index contributed by atoms with van der Waals surface area (Å²) in [5.41, 5.74) is 0. The number of thiophene rings is 1. The molecule has 2 unspecified atom stereocenters. The van der Waals surface area contributed by atoms with Gasteiger partial charge in [-0.15, -0.1) is 11.3 Å². The van der Waals surface area contributed by atoms with Gasteiger partial charge in [-0.1, -0.05) is 0 Å². The molecular weight excluding hydrogens is 324 g/mol. The number of nitrogens with one attached hydrogen (secondary N) is 1. The molecule has 0 aliphatic carbocycles. The third kappa shape index (κ3) is 2.58. The molecule has 0 saturated carbocycles. The van der Waals surface area contributed by atoms with E-state index < -0.39 is 10.0 Å². The van der Waals surface area contributed by atoms with Crippen LogP contribution in [-0.4, -0.2) is 37.9 Å². The fourth-order valence-electron chi connectivity index (χ4n) is 2.13. The molecule has 0 aromatic carbocycles. The normalized spacial score (nSPS) is 27.2. The number of piperazine rings is 1. The highest BCUT2D eigenvalue weighted by atomic mass is 79.9. The minimum absolute atomic E-state index is 0.00961. The second kappa shape index (κ2) is 4.97. The quantitative estimate of drug-likeness (QED) is 0.895. The molecule has 2 atom stereocenters. The van der Waals surface area contributed by atoms with Gasteiger partial charge in [-0.2, -0.15) is 4.31 Å². The molecule has 0 bridgehead atoms. The number of hydrogen-bond donors (Lipinski definition) is 1. The summed E-state index contributed by atoms with van der Waals surface area (Å²) in [6, 6.07) is 3.41. The maximum Gasteiger partial charge on any atom is 0.253 e. The van der Waals surface area contributed by atoms with E-state index in [4.69, 9.17) is 0 Å². The van der Waals surface area contributed by atoms with E-state index in [1.165, 1.54) is 11.3 Å². The minimum Gasteiger partial charge on any atom is -0.314 e. The van der Waals surface area contributed by atoms with Crippen molar-refractivity contribution < 1.29 is 8.42 Å². The molecular formula is C10H15BrN2O2S2. The zero-order valence-electron chi connectivity index (χ0n) is 9.68. The Morgan fingerprint density at radius 3 is 2.41 bits per heavy atom. The molecule has 0 radical (unpaired) electrons. The highest BCUT2D eigenvalue weighted by Gasteiger charge is 2.36. The van der Waals surface area contributed by atoms with Gasteiger partial charge in [0.05, 0.1) is 3.79 Å². The van der Waals surface area contributed by atoms with Crippen molar-refractivity contribution in [2.45, 2.75) is 30.1 Å². The number of hydrogen-bond acceptors (Lipinski definition) is 4. The molecule has 96 valence electrons. The van der Waals surface area contributed by atoms with Crippen molar-refractivity contribution >= 4 is 37.3 Å². The van der Waals surface area contributed by atoms with E-state index in [2.05, 4.69) is 21.2 Å². The summed E-state index contributed by atoms with van der Waals surface area (Å²) in [7, 11) is -3.36. The van der Waals surface area contributed by atoms with E-state index in [0.29, 0.717) is 17.3 Å². The Labute approximate surface area is 114 Å². The van der Waals surface area contributed by atoms with Crippen molar-refractivity contribution in [1.29, 1.82) is 0 Å². The van der Waals surface area contributed by atoms with E-state index in [1.54, 1.807) is 16.4 Å². The maximum atomic E-state index is 12.5. The summed E-state index contributed by atoms with van der Waals surface area (Å²) in [6.07, 6.45) is 0. The molecule has 0 spiro atoms. The average molecular weight is 339 g/mol. The summed E-state index contributed by atoms with van der Waals surface area (Å²) in [5.74, 6) is 0. The molecule has 1 saturated heterocycles. The van der Waals surface area contributed by atoms with Crippen molar-refractivity contribution in [3.63, 3.8) is 0 Å². The summed E-state index contributed by atoms with van der Waals surface area (Å²) < 4.78 is 27.9. The minimum atomic E-state index is -3.36. The molecule has 4 nitrogen and oxygen atoms in total. The Morgan fingerprint density at radius 2 is 1.94 bits per heavy atom. The summed E-state index contributed by atoms with van der Waals surface area (Å²) >= 11 is 4.56. The largest absolute Gasteiger partial charge is 0.314 e. The maximum absolute atomic E-state index is 12.5. The molecule has 1 aromatic heterocycles. The Balaban J connectivity index is 2.37. The lowest BCUT2D eigenvalue weighted by Gasteiger charge is -2.37. The second-order valence-electron chi connectivity index (χ2n) is 4.25. The molecule has 1 fully saturated rings. The van der Waals surface area contributed by atoms with Gasteiger partial charge in [0, 0.05) is 25.2 Å². The zero-order valence-corrected chi connectivity index (χ0v) is 12.9. The van der Waals surface area contributed by atoms with Gasteiger partial charge in [0.25, 0.3) is 10.0 Å². The van der Waals surface area contributed by atoms with Crippen molar-refractivity contribution in [1.82, 2.24) is 9.62 Å². The first-order chi connectivity index (χ1) is 7.93. The van der Waals surface area contributed by atoms with Crippen LogP contribution in [0.2, 0.25) is 0 Å². The van der Waals surface area contributed by atoms with Gasteiger partial charge in [0.15, 0.2) is 0 Å². The van der Waals surface area contributed by atoms with Gasteiger partial charge in [-0.05, 0) is 41.9 Å². The number of halogens is 1. The third-order valence-electron chi connectivity index (χ3n) is 2.83. The molecule has 1 aromatic rings. The predicted octanol–water partition coefficient (Wildman–Crippen LogP) is 1.88. The average Bonchev–Trinajstić information content (AvgIpc) is 2.64. The highest BCUT2D eigenvalue weighted by Crippen LogP contribution is 2.30. The van der Waals surface area contributed by atoms with Gasteiger partial charge >= 0.3 is 0 Å². The number of rotatable bonds is 2. The Kier molecular flexibility index (Phi) is 3.94. The zero-order chi connectivity index (χ0) is 12.6. The van der Waals surface area contributed by atoms with Gasteiger partial charge in [-0.25, -0.2) is 8.42 Å². The van der Waals surface area contributed by atoms with Crippen LogP contribution >= 0.6 is 27.3 Å². The lowest BCUT2D eigenvalue weighted by Crippen LogP contribution is -2.56. The summed E-state index contributed by atoms with van der Waals surface area (Å²) in [5, 5.41) is 3.23. The van der Waals surface area contributed by atoms with Crippen molar-refractivity contribution in [3.8, 4) is 0 Å². The van der Waals surface area contributed by atoms with Crippen LogP contribution in [0, 0.1) is 0 Å². The van der Waals surface area contributed by atoms with Crippen LogP contribution in [0.4, 0.5) is 0 Å². The van der Waals surface area contributed by atoms with Gasteiger partial charge in [0.1, 0.15) is 4.21 Å². The first kappa shape index (κ1) is 13.5. The number of sulfonamides is 1. The lowest BCUT2D eigenvalue weighted by molar-refractivity contribution is 0.220. The molecule has 1 aliphatic heterocycles. The van der Waals surface area contributed by atoms with Gasteiger partial charge < -0.3 is 5.32 Å². The highest BCUT2D eigenvalue weighted by molar-refractivity contribution is 9.11. The molecule has 17 heavy (non-hydrogen) atoms. The molecule has 7 heteroatoms. The van der Waals surface area contributed by atoms with Crippen LogP contribution in [0.3, 0.4) is 0 Å². The fourth-order valence-corrected chi connectivity index (χ4v) is 6.06. The van der Waals surface area contributed by atoms with Crippen LogP contribution < -0.4 is 5.32 Å². The predicted molar refractivity (Wildman–Crippen MR) is 72.8 cm³/mol. The fraction of sp³-hybridized carbons (Fsp3) is 0.600. The van der Waals surface area contributed by atoms with E-state index in [9.17, 15) is 8.42 Å². The van der Waals surface area contributed by atoms with Crippen LogP contribution in [0.15, 0.2) is 20.1 Å². The Bertz CT molecular complexity index is 490. The molecule has 0 amide bonds. The first-order valence-electron chi connectivity index (χ1n) is 5.42. The van der Waals surface area contributed by atoms with Crippen LogP contribution in [0.5, 0.6) is 0 Å². The SMILES string of the molecule is CC1CNCC(C)N1S(=O)(=O)c1ccc(Br)s1. The van der Waals surface area contributed by atoms with Crippen LogP contribution in [0.1, 0.15) is 13.8 Å². The standard InChI is InChI=1S/C10H15BrN2O2S2/c1-7-5-12-6-8(2)13(7)17(14,15)10-4-3-9(11)16-10/h3-4,7-8,12H,5-6H2,1-2H3. The smallest absolute Gasteiger partial charge is 0.253 e. The third-order valence-corrected chi connectivity index (χ3v) is 7.05. The monoisotopic (exact) mass is 338 g/mol. The Hall–Kier alpha value is 0.0500. The van der Waals surface area contributed by atoms with Crippen molar-refractivity contribution in [2.75, 3.05) is 13.1 Å². The van der Waals surface area contributed by atoms with Gasteiger partial charge in [0.2, 0.25) is 0 Å². The molecule has 2 heterocycles. The van der Waals surface area contributed by atoms with E-state index >= 15 is 0 Å². The molecule has 1 N–H and O–H groups in total. The lowest BCUT2D eigenvalue weighted by atomic mass is 10.2.